The molecule has 1 heterocycles. The van der Waals surface area contributed by atoms with Crippen molar-refractivity contribution in [3.8, 4) is 17.6 Å². The lowest BCUT2D eigenvalue weighted by Gasteiger charge is -2.14. The summed E-state index contributed by atoms with van der Waals surface area (Å²) in [6, 6.07) is 22.4. The van der Waals surface area contributed by atoms with Crippen LogP contribution in [0.3, 0.4) is 0 Å². The fourth-order valence-corrected chi connectivity index (χ4v) is 6.09. The van der Waals surface area contributed by atoms with Crippen LogP contribution < -0.4 is 14.8 Å². The van der Waals surface area contributed by atoms with Gasteiger partial charge in [0.2, 0.25) is 0 Å². The summed E-state index contributed by atoms with van der Waals surface area (Å²) in [5.41, 5.74) is 4.50. The molecule has 1 aromatic heterocycles. The number of carbonyl (C=O) groups is 1. The van der Waals surface area contributed by atoms with Crippen LogP contribution in [0.4, 0.5) is 10.7 Å². The average molecular weight is 556 g/mol. The summed E-state index contributed by atoms with van der Waals surface area (Å²) in [6.07, 6.45) is 5.70. The van der Waals surface area contributed by atoms with E-state index < -0.39 is 0 Å². The number of benzene rings is 3. The molecule has 0 spiro atoms. The molecule has 0 fully saturated rings. The Morgan fingerprint density at radius 2 is 1.90 bits per heavy atom. The van der Waals surface area contributed by atoms with Gasteiger partial charge in [-0.1, -0.05) is 48.0 Å². The van der Waals surface area contributed by atoms with E-state index in [0.29, 0.717) is 38.2 Å². The van der Waals surface area contributed by atoms with Crippen LogP contribution >= 0.6 is 22.9 Å². The summed E-state index contributed by atoms with van der Waals surface area (Å²) in [4.78, 5) is 19.3. The minimum atomic E-state index is -0.148. The fourth-order valence-electron chi connectivity index (χ4n) is 4.58. The first-order valence-corrected chi connectivity index (χ1v) is 13.8. The Labute approximate surface area is 236 Å². The van der Waals surface area contributed by atoms with Crippen LogP contribution in [0, 0.1) is 11.3 Å². The third-order valence-corrected chi connectivity index (χ3v) is 7.98. The standard InChI is InChI=1S/C31H26ClN3O3S/c1-37-26-16-20(15-25(32)29(26)38-19-22-10-6-5-9-21(22)17-33)18-34-31-28(24-13-7-8-14-27(24)39-31)30(36)35-23-11-3-2-4-12-23/h2-6,9-12,15-16,18H,7-8,13-14,19H2,1H3,(H,35,36)/b34-18-. The second-order valence-electron chi connectivity index (χ2n) is 9.06. The Morgan fingerprint density at radius 1 is 1.13 bits per heavy atom. The zero-order valence-corrected chi connectivity index (χ0v) is 22.9. The Bertz CT molecular complexity index is 1570. The van der Waals surface area contributed by atoms with Crippen molar-refractivity contribution in [3.05, 3.63) is 104 Å². The molecule has 8 heteroatoms. The van der Waals surface area contributed by atoms with Crippen molar-refractivity contribution < 1.29 is 14.3 Å². The average Bonchev–Trinajstić information content (AvgIpc) is 3.34. The largest absolute Gasteiger partial charge is 0.493 e. The number of hydrogen-bond acceptors (Lipinski definition) is 6. The van der Waals surface area contributed by atoms with Gasteiger partial charge in [0.15, 0.2) is 11.5 Å². The molecule has 0 saturated carbocycles. The maximum atomic E-state index is 13.4. The van der Waals surface area contributed by atoms with Gasteiger partial charge in [0.25, 0.3) is 5.91 Å². The Balaban J connectivity index is 1.41. The smallest absolute Gasteiger partial charge is 0.259 e. The summed E-state index contributed by atoms with van der Waals surface area (Å²) in [6.45, 7) is 0.174. The summed E-state index contributed by atoms with van der Waals surface area (Å²) in [7, 11) is 1.54. The van der Waals surface area contributed by atoms with Crippen molar-refractivity contribution in [1.82, 2.24) is 0 Å². The number of fused-ring (bicyclic) bond motifs is 1. The van der Waals surface area contributed by atoms with Gasteiger partial charge < -0.3 is 14.8 Å². The predicted octanol–water partition coefficient (Wildman–Crippen LogP) is 7.74. The van der Waals surface area contributed by atoms with E-state index >= 15 is 0 Å². The molecular formula is C31H26ClN3O3S. The number of anilines is 1. The molecule has 1 N–H and O–H groups in total. The van der Waals surface area contributed by atoms with Gasteiger partial charge in [0.1, 0.15) is 11.6 Å². The summed E-state index contributed by atoms with van der Waals surface area (Å²) in [5.74, 6) is 0.689. The van der Waals surface area contributed by atoms with E-state index in [-0.39, 0.29) is 12.5 Å². The monoisotopic (exact) mass is 555 g/mol. The van der Waals surface area contributed by atoms with E-state index in [1.165, 1.54) is 4.88 Å². The number of methoxy groups -OCH3 is 1. The number of rotatable bonds is 8. The van der Waals surface area contributed by atoms with Gasteiger partial charge in [0, 0.05) is 22.3 Å². The minimum absolute atomic E-state index is 0.148. The molecule has 0 bridgehead atoms. The second kappa shape index (κ2) is 12.2. The number of thiophene rings is 1. The molecule has 0 unspecified atom stereocenters. The molecular weight excluding hydrogens is 530 g/mol. The van der Waals surface area contributed by atoms with Crippen molar-refractivity contribution >= 4 is 45.7 Å². The Kier molecular flexibility index (Phi) is 8.26. The lowest BCUT2D eigenvalue weighted by molar-refractivity contribution is 0.102. The molecule has 1 aliphatic carbocycles. The minimum Gasteiger partial charge on any atom is -0.493 e. The maximum Gasteiger partial charge on any atom is 0.259 e. The summed E-state index contributed by atoms with van der Waals surface area (Å²) in [5, 5.41) is 13.4. The van der Waals surface area contributed by atoms with Crippen LogP contribution in [-0.2, 0) is 19.4 Å². The number of amides is 1. The lowest BCUT2D eigenvalue weighted by atomic mass is 9.95. The highest BCUT2D eigenvalue weighted by molar-refractivity contribution is 7.16. The molecule has 0 atom stereocenters. The van der Waals surface area contributed by atoms with Crippen LogP contribution in [-0.4, -0.2) is 19.2 Å². The first-order chi connectivity index (χ1) is 19.1. The van der Waals surface area contributed by atoms with Gasteiger partial charge in [0.05, 0.1) is 29.3 Å². The zero-order chi connectivity index (χ0) is 27.2. The van der Waals surface area contributed by atoms with Gasteiger partial charge in [-0.05, 0) is 67.1 Å². The topological polar surface area (TPSA) is 83.7 Å². The van der Waals surface area contributed by atoms with Gasteiger partial charge >= 0.3 is 0 Å². The van der Waals surface area contributed by atoms with Crippen LogP contribution in [0.1, 0.15) is 50.3 Å². The van der Waals surface area contributed by atoms with Crippen LogP contribution in [0.15, 0.2) is 71.7 Å². The van der Waals surface area contributed by atoms with Crippen molar-refractivity contribution in [3.63, 3.8) is 0 Å². The van der Waals surface area contributed by atoms with Crippen LogP contribution in [0.25, 0.3) is 0 Å². The molecule has 39 heavy (non-hydrogen) atoms. The predicted molar refractivity (Wildman–Crippen MR) is 156 cm³/mol. The molecule has 0 radical (unpaired) electrons. The highest BCUT2D eigenvalue weighted by Crippen LogP contribution is 2.41. The SMILES string of the molecule is COc1cc(/C=N\c2sc3c(c2C(=O)Nc2ccccc2)CCCC3)cc(Cl)c1OCc1ccccc1C#N. The number of nitrogens with one attached hydrogen (secondary N) is 1. The summed E-state index contributed by atoms with van der Waals surface area (Å²) >= 11 is 8.17. The number of aryl methyl sites for hydroxylation is 1. The first kappa shape index (κ1) is 26.5. The summed E-state index contributed by atoms with van der Waals surface area (Å²) < 4.78 is 11.5. The number of para-hydroxylation sites is 1. The third kappa shape index (κ3) is 5.98. The maximum absolute atomic E-state index is 13.4. The van der Waals surface area contributed by atoms with E-state index in [2.05, 4.69) is 11.4 Å². The number of nitrogens with zero attached hydrogens (tertiary/aromatic N) is 2. The molecule has 196 valence electrons. The lowest BCUT2D eigenvalue weighted by Crippen LogP contribution is -2.14. The first-order valence-electron chi connectivity index (χ1n) is 12.6. The van der Waals surface area contributed by atoms with E-state index in [1.54, 1.807) is 42.9 Å². The van der Waals surface area contributed by atoms with Crippen LogP contribution in [0.2, 0.25) is 5.02 Å². The van der Waals surface area contributed by atoms with Crippen molar-refractivity contribution in [2.75, 3.05) is 12.4 Å². The molecule has 0 saturated heterocycles. The number of carbonyl (C=O) groups excluding carboxylic acids is 1. The number of ether oxygens (including phenoxy) is 2. The Morgan fingerprint density at radius 3 is 2.69 bits per heavy atom. The molecule has 0 aliphatic heterocycles. The van der Waals surface area contributed by atoms with E-state index in [9.17, 15) is 10.1 Å². The number of halogens is 1. The van der Waals surface area contributed by atoms with E-state index in [1.807, 2.05) is 48.5 Å². The number of nitriles is 1. The van der Waals surface area contributed by atoms with Crippen molar-refractivity contribution in [2.24, 2.45) is 4.99 Å². The Hall–Kier alpha value is -4.12. The highest BCUT2D eigenvalue weighted by atomic mass is 35.5. The van der Waals surface area contributed by atoms with Gasteiger partial charge in [-0.25, -0.2) is 4.99 Å². The zero-order valence-electron chi connectivity index (χ0n) is 21.4. The van der Waals surface area contributed by atoms with E-state index in [4.69, 9.17) is 26.1 Å². The molecule has 5 rings (SSSR count). The fraction of sp³-hybridized carbons (Fsp3) is 0.194. The van der Waals surface area contributed by atoms with Crippen molar-refractivity contribution in [1.29, 1.82) is 5.26 Å². The quantitative estimate of drug-likeness (QED) is 0.225. The van der Waals surface area contributed by atoms with Gasteiger partial charge in [-0.2, -0.15) is 5.26 Å². The molecule has 3 aromatic carbocycles. The number of aliphatic imine (C=N–C) groups is 1. The number of hydrogen-bond donors (Lipinski definition) is 1. The van der Waals surface area contributed by atoms with Crippen molar-refractivity contribution in [2.45, 2.75) is 32.3 Å². The van der Waals surface area contributed by atoms with E-state index in [0.717, 1.165) is 42.5 Å². The highest BCUT2D eigenvalue weighted by Gasteiger charge is 2.25. The molecule has 1 amide bonds. The molecule has 1 aliphatic rings. The second-order valence-corrected chi connectivity index (χ2v) is 10.6. The van der Waals surface area contributed by atoms with Gasteiger partial charge in [-0.3, -0.25) is 4.79 Å². The molecule has 6 nitrogen and oxygen atoms in total. The van der Waals surface area contributed by atoms with Crippen LogP contribution in [0.5, 0.6) is 11.5 Å². The normalized spacial score (nSPS) is 12.5. The molecule has 4 aromatic rings. The third-order valence-electron chi connectivity index (χ3n) is 6.50. The van der Waals surface area contributed by atoms with Gasteiger partial charge in [-0.15, -0.1) is 11.3 Å².